The van der Waals surface area contributed by atoms with Gasteiger partial charge < -0.3 is 4.90 Å². The highest BCUT2D eigenvalue weighted by Gasteiger charge is 2.07. The third kappa shape index (κ3) is 2.29. The number of aromatic nitrogens is 5. The van der Waals surface area contributed by atoms with Crippen LogP contribution in [0.3, 0.4) is 0 Å². The van der Waals surface area contributed by atoms with Crippen molar-refractivity contribution in [1.29, 1.82) is 0 Å². The Morgan fingerprint density at radius 2 is 2.31 bits per heavy atom. The van der Waals surface area contributed by atoms with Gasteiger partial charge in [-0.15, -0.1) is 14.8 Å². The largest absolute Gasteiger partial charge is 0.355 e. The number of rotatable bonds is 5. The van der Waals surface area contributed by atoms with Crippen LogP contribution in [0.1, 0.15) is 13.3 Å². The summed E-state index contributed by atoms with van der Waals surface area (Å²) in [6.07, 6.45) is 1.09. The van der Waals surface area contributed by atoms with Crippen LogP contribution >= 0.6 is 15.9 Å². The zero-order valence-corrected chi connectivity index (χ0v) is 10.6. The molecule has 0 aromatic carbocycles. The van der Waals surface area contributed by atoms with Crippen molar-refractivity contribution in [1.82, 2.24) is 25.3 Å². The molecule has 16 heavy (non-hydrogen) atoms. The summed E-state index contributed by atoms with van der Waals surface area (Å²) in [5.41, 5.74) is 0.667. The van der Waals surface area contributed by atoms with Crippen molar-refractivity contribution >= 4 is 27.4 Å². The smallest absolute Gasteiger partial charge is 0.200 e. The molecule has 0 N–H and O–H groups in total. The third-order valence-corrected chi connectivity index (χ3v) is 2.88. The number of anilines is 1. The van der Waals surface area contributed by atoms with Crippen molar-refractivity contribution in [3.05, 3.63) is 12.1 Å². The Morgan fingerprint density at radius 1 is 1.44 bits per heavy atom. The monoisotopic (exact) mass is 284 g/mol. The molecule has 0 amide bonds. The Labute approximate surface area is 102 Å². The van der Waals surface area contributed by atoms with E-state index < -0.39 is 0 Å². The first-order chi connectivity index (χ1) is 7.85. The minimum Gasteiger partial charge on any atom is -0.355 e. The summed E-state index contributed by atoms with van der Waals surface area (Å²) in [5, 5.41) is 16.5. The molecule has 7 heteroatoms. The van der Waals surface area contributed by atoms with Gasteiger partial charge in [-0.05, 0) is 35.9 Å². The minimum absolute atomic E-state index is 0.667. The van der Waals surface area contributed by atoms with Crippen LogP contribution in [0.4, 0.5) is 5.82 Å². The van der Waals surface area contributed by atoms with Gasteiger partial charge in [0.15, 0.2) is 11.5 Å². The van der Waals surface area contributed by atoms with Gasteiger partial charge in [-0.1, -0.05) is 15.9 Å². The number of nitrogens with zero attached hydrogens (tertiary/aromatic N) is 6. The third-order valence-electron chi connectivity index (χ3n) is 2.32. The van der Waals surface area contributed by atoms with Crippen LogP contribution in [-0.2, 0) is 0 Å². The number of tetrazole rings is 1. The van der Waals surface area contributed by atoms with Crippen molar-refractivity contribution in [2.75, 3.05) is 23.3 Å². The molecule has 0 radical (unpaired) electrons. The summed E-state index contributed by atoms with van der Waals surface area (Å²) in [6.45, 7) is 4.01. The zero-order valence-electron chi connectivity index (χ0n) is 9.04. The molecule has 0 aliphatic carbocycles. The van der Waals surface area contributed by atoms with Crippen LogP contribution in [0.5, 0.6) is 0 Å². The first-order valence-electron chi connectivity index (χ1n) is 5.21. The Balaban J connectivity index is 2.22. The van der Waals surface area contributed by atoms with Gasteiger partial charge in [-0.2, -0.15) is 0 Å². The topological polar surface area (TPSA) is 59.2 Å². The molecule has 2 aromatic rings. The Hall–Kier alpha value is -1.24. The van der Waals surface area contributed by atoms with Crippen molar-refractivity contribution in [3.63, 3.8) is 0 Å². The van der Waals surface area contributed by atoms with Gasteiger partial charge in [-0.3, -0.25) is 0 Å². The highest BCUT2D eigenvalue weighted by molar-refractivity contribution is 9.09. The molecule has 6 nitrogen and oxygen atoms in total. The fourth-order valence-electron chi connectivity index (χ4n) is 1.49. The molecule has 0 saturated heterocycles. The molecule has 0 spiro atoms. The van der Waals surface area contributed by atoms with Gasteiger partial charge in [0, 0.05) is 18.4 Å². The standard InChI is InChI=1S/C9H13BrN6/c1-2-15(7-3-6-10)9-5-4-8-11-13-14-16(8)12-9/h4-5H,2-3,6-7H2,1H3. The van der Waals surface area contributed by atoms with E-state index in [0.29, 0.717) is 5.65 Å². The maximum atomic E-state index is 4.35. The lowest BCUT2D eigenvalue weighted by molar-refractivity contribution is 0.705. The SMILES string of the molecule is CCN(CCCBr)c1ccc2nnnn2n1. The number of halogens is 1. The summed E-state index contributed by atoms with van der Waals surface area (Å²) >= 11 is 3.43. The molecule has 0 bridgehead atoms. The molecule has 0 atom stereocenters. The van der Waals surface area contributed by atoms with Crippen LogP contribution in [0.2, 0.25) is 0 Å². The van der Waals surface area contributed by atoms with Crippen molar-refractivity contribution < 1.29 is 0 Å². The van der Waals surface area contributed by atoms with E-state index in [-0.39, 0.29) is 0 Å². The Kier molecular flexibility index (Phi) is 3.66. The van der Waals surface area contributed by atoms with Gasteiger partial charge >= 0.3 is 0 Å². The van der Waals surface area contributed by atoms with Gasteiger partial charge in [0.1, 0.15) is 0 Å². The molecule has 0 saturated carbocycles. The van der Waals surface area contributed by atoms with Crippen molar-refractivity contribution in [2.45, 2.75) is 13.3 Å². The van der Waals surface area contributed by atoms with E-state index in [0.717, 1.165) is 30.7 Å². The summed E-state index contributed by atoms with van der Waals surface area (Å²) in [7, 11) is 0. The zero-order chi connectivity index (χ0) is 11.4. The lowest BCUT2D eigenvalue weighted by atomic mass is 10.4. The van der Waals surface area contributed by atoms with Crippen molar-refractivity contribution in [2.24, 2.45) is 0 Å². The number of alkyl halides is 1. The fourth-order valence-corrected chi connectivity index (χ4v) is 1.74. The second kappa shape index (κ2) is 5.20. The second-order valence-corrected chi connectivity index (χ2v) is 4.13. The average molecular weight is 285 g/mol. The van der Waals surface area contributed by atoms with Crippen molar-refractivity contribution in [3.8, 4) is 0 Å². The maximum absolute atomic E-state index is 4.35. The van der Waals surface area contributed by atoms with Crippen LogP contribution in [0.25, 0.3) is 5.65 Å². The summed E-state index contributed by atoms with van der Waals surface area (Å²) in [6, 6.07) is 3.82. The van der Waals surface area contributed by atoms with E-state index in [2.05, 4.69) is 48.4 Å². The highest BCUT2D eigenvalue weighted by Crippen LogP contribution is 2.10. The molecular formula is C9H13BrN6. The Morgan fingerprint density at radius 3 is 3.06 bits per heavy atom. The van der Waals surface area contributed by atoms with Crippen LogP contribution in [-0.4, -0.2) is 43.7 Å². The molecular weight excluding hydrogens is 272 g/mol. The maximum Gasteiger partial charge on any atom is 0.200 e. The van der Waals surface area contributed by atoms with Gasteiger partial charge in [0.05, 0.1) is 0 Å². The number of fused-ring (bicyclic) bond motifs is 1. The summed E-state index contributed by atoms with van der Waals surface area (Å²) in [4.78, 5) is 2.20. The van der Waals surface area contributed by atoms with E-state index in [1.807, 2.05) is 12.1 Å². The molecule has 2 heterocycles. The predicted octanol–water partition coefficient (Wildman–Crippen LogP) is 1.13. The normalized spacial score (nSPS) is 10.9. The summed E-state index contributed by atoms with van der Waals surface area (Å²) < 4.78 is 1.45. The van der Waals surface area contributed by atoms with Gasteiger partial charge in [-0.25, -0.2) is 0 Å². The molecule has 2 aromatic heterocycles. The second-order valence-electron chi connectivity index (χ2n) is 3.34. The quantitative estimate of drug-likeness (QED) is 0.771. The van der Waals surface area contributed by atoms with E-state index in [4.69, 9.17) is 0 Å². The molecule has 0 aliphatic rings. The lowest BCUT2D eigenvalue weighted by Crippen LogP contribution is -2.25. The first kappa shape index (κ1) is 11.3. The molecule has 0 fully saturated rings. The van der Waals surface area contributed by atoms with Crippen LogP contribution in [0, 0.1) is 0 Å². The average Bonchev–Trinajstić information content (AvgIpc) is 2.77. The summed E-state index contributed by atoms with van der Waals surface area (Å²) in [5.74, 6) is 0.906. The Bertz CT molecular complexity index is 456. The van der Waals surface area contributed by atoms with Crippen LogP contribution in [0.15, 0.2) is 12.1 Å². The lowest BCUT2D eigenvalue weighted by Gasteiger charge is -2.20. The minimum atomic E-state index is 0.667. The highest BCUT2D eigenvalue weighted by atomic mass is 79.9. The molecule has 2 rings (SSSR count). The van der Waals surface area contributed by atoms with Gasteiger partial charge in [0.2, 0.25) is 0 Å². The number of hydrogen-bond acceptors (Lipinski definition) is 5. The molecule has 86 valence electrons. The predicted molar refractivity (Wildman–Crippen MR) is 64.9 cm³/mol. The molecule has 0 aliphatic heterocycles. The number of hydrogen-bond donors (Lipinski definition) is 0. The van der Waals surface area contributed by atoms with Gasteiger partial charge in [0.25, 0.3) is 0 Å². The van der Waals surface area contributed by atoms with Crippen LogP contribution < -0.4 is 4.90 Å². The van der Waals surface area contributed by atoms with E-state index in [1.54, 1.807) is 0 Å². The fraction of sp³-hybridized carbons (Fsp3) is 0.556. The van der Waals surface area contributed by atoms with E-state index >= 15 is 0 Å². The van der Waals surface area contributed by atoms with E-state index in [9.17, 15) is 0 Å². The molecule has 0 unspecified atom stereocenters. The van der Waals surface area contributed by atoms with E-state index in [1.165, 1.54) is 4.63 Å². The first-order valence-corrected chi connectivity index (χ1v) is 6.33.